The SMILES string of the molecule is C/C=C\C(=C/C)C(O)(c1ccccc1)c1cc(Br)ccc1-c1ccc(C)cc1C(=O)O. The van der Waals surface area contributed by atoms with Crippen molar-refractivity contribution in [3.05, 3.63) is 117 Å². The average molecular weight is 477 g/mol. The van der Waals surface area contributed by atoms with Crippen LogP contribution in [0.3, 0.4) is 0 Å². The van der Waals surface area contributed by atoms with Crippen LogP contribution < -0.4 is 0 Å². The molecule has 2 N–H and O–H groups in total. The molecular formula is C27H25BrO3. The van der Waals surface area contributed by atoms with Crippen LogP contribution >= 0.6 is 15.9 Å². The van der Waals surface area contributed by atoms with Crippen molar-refractivity contribution in [1.82, 2.24) is 0 Å². The summed E-state index contributed by atoms with van der Waals surface area (Å²) in [6.45, 7) is 5.65. The van der Waals surface area contributed by atoms with Crippen molar-refractivity contribution in [3.8, 4) is 11.1 Å². The number of allylic oxidation sites excluding steroid dienone is 2. The fourth-order valence-corrected chi connectivity index (χ4v) is 4.24. The first-order valence-electron chi connectivity index (χ1n) is 10.0. The fourth-order valence-electron chi connectivity index (χ4n) is 3.88. The number of aromatic carboxylic acids is 1. The largest absolute Gasteiger partial charge is 0.478 e. The minimum atomic E-state index is -1.48. The van der Waals surface area contributed by atoms with Gasteiger partial charge in [-0.1, -0.05) is 88.3 Å². The van der Waals surface area contributed by atoms with Gasteiger partial charge in [0.05, 0.1) is 5.56 Å². The third kappa shape index (κ3) is 4.41. The van der Waals surface area contributed by atoms with Crippen LogP contribution in [-0.4, -0.2) is 16.2 Å². The van der Waals surface area contributed by atoms with Gasteiger partial charge in [-0.15, -0.1) is 0 Å². The molecule has 0 spiro atoms. The van der Waals surface area contributed by atoms with Gasteiger partial charge in [-0.3, -0.25) is 0 Å². The van der Waals surface area contributed by atoms with Gasteiger partial charge >= 0.3 is 5.97 Å². The van der Waals surface area contributed by atoms with E-state index >= 15 is 0 Å². The standard InChI is InChI=1S/C27H25BrO3/c1-4-9-19(5-2)27(31,20-10-7-6-8-11-20)25-17-21(28)13-15-23(25)22-14-12-18(3)16-24(22)26(29)30/h4-17,31H,1-3H3,(H,29,30)/b9-4-,19-5+. The van der Waals surface area contributed by atoms with Crippen molar-refractivity contribution in [2.75, 3.05) is 0 Å². The second-order valence-corrected chi connectivity index (χ2v) is 8.28. The van der Waals surface area contributed by atoms with Gasteiger partial charge in [0.2, 0.25) is 0 Å². The lowest BCUT2D eigenvalue weighted by Gasteiger charge is -2.33. The topological polar surface area (TPSA) is 57.5 Å². The molecule has 1 atom stereocenters. The molecule has 0 bridgehead atoms. The van der Waals surface area contributed by atoms with Crippen LogP contribution in [0.15, 0.2) is 95.0 Å². The maximum absolute atomic E-state index is 12.3. The maximum Gasteiger partial charge on any atom is 0.336 e. The van der Waals surface area contributed by atoms with Crippen molar-refractivity contribution >= 4 is 21.9 Å². The molecule has 0 aromatic heterocycles. The Balaban J connectivity index is 2.43. The predicted octanol–water partition coefficient (Wildman–Crippen LogP) is 6.88. The van der Waals surface area contributed by atoms with E-state index in [0.29, 0.717) is 27.8 Å². The highest BCUT2D eigenvalue weighted by Crippen LogP contribution is 2.44. The molecule has 3 aromatic rings. The Labute approximate surface area is 191 Å². The Hall–Kier alpha value is -2.95. The van der Waals surface area contributed by atoms with E-state index in [1.165, 1.54) is 0 Å². The van der Waals surface area contributed by atoms with Crippen LogP contribution in [0.1, 0.15) is 40.9 Å². The number of aliphatic hydroxyl groups is 1. The Kier molecular flexibility index (Phi) is 6.94. The molecule has 0 saturated carbocycles. The summed E-state index contributed by atoms with van der Waals surface area (Å²) < 4.78 is 0.792. The lowest BCUT2D eigenvalue weighted by Crippen LogP contribution is -2.30. The molecule has 0 aliphatic heterocycles. The molecule has 3 aromatic carbocycles. The first-order valence-corrected chi connectivity index (χ1v) is 10.8. The Morgan fingerprint density at radius 2 is 1.65 bits per heavy atom. The summed E-state index contributed by atoms with van der Waals surface area (Å²) in [6.07, 6.45) is 5.64. The summed E-state index contributed by atoms with van der Waals surface area (Å²) in [5.41, 5.74) is 2.80. The molecule has 0 fully saturated rings. The molecule has 0 aliphatic carbocycles. The summed E-state index contributed by atoms with van der Waals surface area (Å²) in [4.78, 5) is 12.0. The molecule has 1 unspecified atom stereocenters. The summed E-state index contributed by atoms with van der Waals surface area (Å²) in [5.74, 6) is -1.00. The molecule has 0 amide bonds. The normalized spacial score (nSPS) is 13.9. The summed E-state index contributed by atoms with van der Waals surface area (Å²) >= 11 is 3.54. The molecule has 4 heteroatoms. The van der Waals surface area contributed by atoms with Gasteiger partial charge in [0.1, 0.15) is 5.60 Å². The van der Waals surface area contributed by atoms with E-state index in [-0.39, 0.29) is 5.56 Å². The van der Waals surface area contributed by atoms with Gasteiger partial charge < -0.3 is 10.2 Å². The van der Waals surface area contributed by atoms with E-state index in [9.17, 15) is 15.0 Å². The minimum absolute atomic E-state index is 0.201. The second kappa shape index (κ2) is 9.46. The van der Waals surface area contributed by atoms with E-state index in [2.05, 4.69) is 15.9 Å². The second-order valence-electron chi connectivity index (χ2n) is 7.36. The molecule has 3 rings (SSSR count). The number of hydrogen-bond donors (Lipinski definition) is 2. The Morgan fingerprint density at radius 3 is 2.26 bits per heavy atom. The fraction of sp³-hybridized carbons (Fsp3) is 0.148. The third-order valence-corrected chi connectivity index (χ3v) is 5.83. The number of carbonyl (C=O) groups is 1. The molecular weight excluding hydrogens is 452 g/mol. The van der Waals surface area contributed by atoms with Gasteiger partial charge in [0, 0.05) is 10.0 Å². The number of aryl methyl sites for hydroxylation is 1. The average Bonchev–Trinajstić information content (AvgIpc) is 2.77. The first kappa shape index (κ1) is 22.7. The van der Waals surface area contributed by atoms with Gasteiger partial charge in [0.15, 0.2) is 0 Å². The van der Waals surface area contributed by atoms with Crippen LogP contribution in [0.2, 0.25) is 0 Å². The van der Waals surface area contributed by atoms with E-state index in [4.69, 9.17) is 0 Å². The van der Waals surface area contributed by atoms with Gasteiger partial charge in [-0.25, -0.2) is 4.79 Å². The van der Waals surface area contributed by atoms with E-state index < -0.39 is 11.6 Å². The van der Waals surface area contributed by atoms with E-state index in [0.717, 1.165) is 10.0 Å². The zero-order chi connectivity index (χ0) is 22.6. The van der Waals surface area contributed by atoms with Gasteiger partial charge in [0.25, 0.3) is 0 Å². The summed E-state index contributed by atoms with van der Waals surface area (Å²) in [6, 6.07) is 20.4. The van der Waals surface area contributed by atoms with Crippen LogP contribution in [0.4, 0.5) is 0 Å². The third-order valence-electron chi connectivity index (χ3n) is 5.33. The van der Waals surface area contributed by atoms with Crippen LogP contribution in [0.5, 0.6) is 0 Å². The van der Waals surface area contributed by atoms with Crippen molar-refractivity contribution in [3.63, 3.8) is 0 Å². The van der Waals surface area contributed by atoms with Gasteiger partial charge in [-0.2, -0.15) is 0 Å². The Morgan fingerprint density at radius 1 is 0.968 bits per heavy atom. The number of halogens is 1. The van der Waals surface area contributed by atoms with E-state index in [1.54, 1.807) is 6.07 Å². The molecule has 0 saturated heterocycles. The first-order chi connectivity index (χ1) is 14.8. The number of carboxylic acid groups (broad SMARTS) is 1. The smallest absolute Gasteiger partial charge is 0.336 e. The number of benzene rings is 3. The minimum Gasteiger partial charge on any atom is -0.478 e. The number of hydrogen-bond acceptors (Lipinski definition) is 2. The van der Waals surface area contributed by atoms with Crippen LogP contribution in [0, 0.1) is 6.92 Å². The van der Waals surface area contributed by atoms with Crippen LogP contribution in [-0.2, 0) is 5.60 Å². The number of rotatable bonds is 6. The predicted molar refractivity (Wildman–Crippen MR) is 129 cm³/mol. The maximum atomic E-state index is 12.3. The lowest BCUT2D eigenvalue weighted by molar-refractivity contribution is 0.0697. The monoisotopic (exact) mass is 476 g/mol. The molecule has 3 nitrogen and oxygen atoms in total. The quantitative estimate of drug-likeness (QED) is 0.381. The van der Waals surface area contributed by atoms with Crippen molar-refractivity contribution in [2.24, 2.45) is 0 Å². The highest BCUT2D eigenvalue weighted by Gasteiger charge is 2.37. The highest BCUT2D eigenvalue weighted by atomic mass is 79.9. The van der Waals surface area contributed by atoms with E-state index in [1.807, 2.05) is 99.7 Å². The summed E-state index contributed by atoms with van der Waals surface area (Å²) in [7, 11) is 0. The Bertz CT molecular complexity index is 1160. The van der Waals surface area contributed by atoms with Crippen LogP contribution in [0.25, 0.3) is 11.1 Å². The number of carboxylic acids is 1. The van der Waals surface area contributed by atoms with Crippen molar-refractivity contribution in [1.29, 1.82) is 0 Å². The molecule has 0 radical (unpaired) electrons. The summed E-state index contributed by atoms with van der Waals surface area (Å²) in [5, 5.41) is 22.2. The highest BCUT2D eigenvalue weighted by molar-refractivity contribution is 9.10. The van der Waals surface area contributed by atoms with Gasteiger partial charge in [-0.05, 0) is 61.2 Å². The molecule has 158 valence electrons. The zero-order valence-electron chi connectivity index (χ0n) is 17.8. The van der Waals surface area contributed by atoms with Crippen molar-refractivity contribution in [2.45, 2.75) is 26.4 Å². The zero-order valence-corrected chi connectivity index (χ0v) is 19.3. The molecule has 0 aliphatic rings. The molecule has 31 heavy (non-hydrogen) atoms. The lowest BCUT2D eigenvalue weighted by atomic mass is 9.76. The molecule has 0 heterocycles. The van der Waals surface area contributed by atoms with Crippen molar-refractivity contribution < 1.29 is 15.0 Å².